The average molecular weight is 307 g/mol. The van der Waals surface area contributed by atoms with Gasteiger partial charge >= 0.3 is 0 Å². The van der Waals surface area contributed by atoms with E-state index in [0.29, 0.717) is 5.75 Å². The van der Waals surface area contributed by atoms with E-state index in [2.05, 4.69) is 52.4 Å². The van der Waals surface area contributed by atoms with Crippen LogP contribution < -0.4 is 10.2 Å². The summed E-state index contributed by atoms with van der Waals surface area (Å²) in [7, 11) is 0. The molecule has 0 unspecified atom stereocenters. The van der Waals surface area contributed by atoms with Gasteiger partial charge in [-0.05, 0) is 25.3 Å². The maximum absolute atomic E-state index is 11.6. The molecule has 21 heavy (non-hydrogen) atoms. The van der Waals surface area contributed by atoms with Gasteiger partial charge in [0.25, 0.3) is 0 Å². The van der Waals surface area contributed by atoms with E-state index < -0.39 is 0 Å². The first-order chi connectivity index (χ1) is 10.2. The Labute approximate surface area is 131 Å². The van der Waals surface area contributed by atoms with Crippen molar-refractivity contribution in [2.45, 2.75) is 13.0 Å². The van der Waals surface area contributed by atoms with Crippen molar-refractivity contribution in [3.05, 3.63) is 30.3 Å². The van der Waals surface area contributed by atoms with Gasteiger partial charge in [0, 0.05) is 44.5 Å². The standard InChI is InChI=1S/C16H25N3OS/c1-14(17-16(20)13-21-2)12-18-8-10-19(11-9-18)15-6-4-3-5-7-15/h3-7,14H,8-13H2,1-2H3,(H,17,20)/t14-/m1/s1. The summed E-state index contributed by atoms with van der Waals surface area (Å²) >= 11 is 1.56. The second-order valence-corrected chi connectivity index (χ2v) is 6.39. The van der Waals surface area contributed by atoms with E-state index in [9.17, 15) is 4.79 Å². The third-order valence-corrected chi connectivity index (χ3v) is 4.26. The summed E-state index contributed by atoms with van der Waals surface area (Å²) in [5.74, 6) is 0.685. The summed E-state index contributed by atoms with van der Waals surface area (Å²) in [4.78, 5) is 16.4. The molecule has 4 nitrogen and oxygen atoms in total. The molecule has 0 aromatic heterocycles. The van der Waals surface area contributed by atoms with Crippen molar-refractivity contribution in [2.24, 2.45) is 0 Å². The molecule has 2 rings (SSSR count). The van der Waals surface area contributed by atoms with Crippen molar-refractivity contribution in [1.82, 2.24) is 10.2 Å². The zero-order valence-corrected chi connectivity index (χ0v) is 13.7. The number of rotatable bonds is 6. The number of piperazine rings is 1. The molecule has 1 aromatic rings. The SMILES string of the molecule is CSCC(=O)N[C@H](C)CN1CCN(c2ccccc2)CC1. The van der Waals surface area contributed by atoms with E-state index in [4.69, 9.17) is 0 Å². The third-order valence-electron chi connectivity index (χ3n) is 3.71. The molecule has 1 saturated heterocycles. The van der Waals surface area contributed by atoms with Gasteiger partial charge in [0.2, 0.25) is 5.91 Å². The van der Waals surface area contributed by atoms with E-state index >= 15 is 0 Å². The maximum Gasteiger partial charge on any atom is 0.230 e. The highest BCUT2D eigenvalue weighted by Crippen LogP contribution is 2.15. The smallest absolute Gasteiger partial charge is 0.230 e. The van der Waals surface area contributed by atoms with Gasteiger partial charge in [-0.2, -0.15) is 11.8 Å². The van der Waals surface area contributed by atoms with Gasteiger partial charge in [-0.25, -0.2) is 0 Å². The van der Waals surface area contributed by atoms with Crippen LogP contribution in [0.15, 0.2) is 30.3 Å². The van der Waals surface area contributed by atoms with E-state index in [1.165, 1.54) is 5.69 Å². The molecule has 1 aliphatic rings. The number of nitrogens with zero attached hydrogens (tertiary/aromatic N) is 2. The first-order valence-electron chi connectivity index (χ1n) is 7.49. The molecule has 1 N–H and O–H groups in total. The Morgan fingerprint density at radius 2 is 1.90 bits per heavy atom. The van der Waals surface area contributed by atoms with Crippen LogP contribution in [0.25, 0.3) is 0 Å². The Morgan fingerprint density at radius 3 is 2.52 bits per heavy atom. The van der Waals surface area contributed by atoms with Gasteiger partial charge in [-0.1, -0.05) is 18.2 Å². The number of carbonyl (C=O) groups is 1. The normalized spacial score (nSPS) is 17.5. The largest absolute Gasteiger partial charge is 0.369 e. The summed E-state index contributed by atoms with van der Waals surface area (Å²) in [6.45, 7) is 7.23. The number of hydrogen-bond acceptors (Lipinski definition) is 4. The van der Waals surface area contributed by atoms with Crippen LogP contribution in [-0.4, -0.2) is 61.6 Å². The fourth-order valence-corrected chi connectivity index (χ4v) is 3.05. The van der Waals surface area contributed by atoms with E-state index in [1.807, 2.05) is 6.26 Å². The van der Waals surface area contributed by atoms with Crippen molar-refractivity contribution in [1.29, 1.82) is 0 Å². The molecule has 1 aliphatic heterocycles. The molecular formula is C16H25N3OS. The molecule has 0 bridgehead atoms. The number of para-hydroxylation sites is 1. The van der Waals surface area contributed by atoms with Crippen molar-refractivity contribution in [3.8, 4) is 0 Å². The number of benzene rings is 1. The molecule has 1 amide bonds. The molecule has 1 heterocycles. The van der Waals surface area contributed by atoms with E-state index in [-0.39, 0.29) is 11.9 Å². The van der Waals surface area contributed by atoms with Gasteiger partial charge < -0.3 is 10.2 Å². The topological polar surface area (TPSA) is 35.6 Å². The Balaban J connectivity index is 1.73. The van der Waals surface area contributed by atoms with Gasteiger partial charge in [0.1, 0.15) is 0 Å². The number of anilines is 1. The maximum atomic E-state index is 11.6. The lowest BCUT2D eigenvalue weighted by atomic mass is 10.2. The molecule has 1 atom stereocenters. The Kier molecular flexibility index (Phi) is 6.39. The first kappa shape index (κ1) is 16.2. The lowest BCUT2D eigenvalue weighted by Crippen LogP contribution is -2.51. The van der Waals surface area contributed by atoms with Gasteiger partial charge in [0.15, 0.2) is 0 Å². The molecule has 0 aliphatic carbocycles. The summed E-state index contributed by atoms with van der Waals surface area (Å²) in [5, 5.41) is 3.06. The number of nitrogens with one attached hydrogen (secondary N) is 1. The van der Waals surface area contributed by atoms with Crippen LogP contribution in [-0.2, 0) is 4.79 Å². The monoisotopic (exact) mass is 307 g/mol. The van der Waals surface area contributed by atoms with Crippen LogP contribution >= 0.6 is 11.8 Å². The third kappa shape index (κ3) is 5.25. The van der Waals surface area contributed by atoms with Crippen molar-refractivity contribution < 1.29 is 4.79 Å². The van der Waals surface area contributed by atoms with Crippen molar-refractivity contribution >= 4 is 23.4 Å². The molecule has 0 spiro atoms. The lowest BCUT2D eigenvalue weighted by Gasteiger charge is -2.37. The molecule has 1 fully saturated rings. The molecule has 5 heteroatoms. The van der Waals surface area contributed by atoms with Gasteiger partial charge in [-0.3, -0.25) is 9.69 Å². The van der Waals surface area contributed by atoms with Crippen LogP contribution in [0.3, 0.4) is 0 Å². The number of hydrogen-bond donors (Lipinski definition) is 1. The quantitative estimate of drug-likeness (QED) is 0.867. The number of amides is 1. The first-order valence-corrected chi connectivity index (χ1v) is 8.89. The van der Waals surface area contributed by atoms with Crippen LogP contribution in [0.5, 0.6) is 0 Å². The van der Waals surface area contributed by atoms with E-state index in [1.54, 1.807) is 11.8 Å². The molecule has 116 valence electrons. The van der Waals surface area contributed by atoms with Crippen LogP contribution in [0.4, 0.5) is 5.69 Å². The predicted octanol–water partition coefficient (Wildman–Crippen LogP) is 1.68. The minimum absolute atomic E-state index is 0.137. The molecule has 0 saturated carbocycles. The fourth-order valence-electron chi connectivity index (χ4n) is 2.71. The van der Waals surface area contributed by atoms with Crippen molar-refractivity contribution in [3.63, 3.8) is 0 Å². The fraction of sp³-hybridized carbons (Fsp3) is 0.562. The predicted molar refractivity (Wildman–Crippen MR) is 91.1 cm³/mol. The second-order valence-electron chi connectivity index (χ2n) is 5.52. The van der Waals surface area contributed by atoms with Gasteiger partial charge in [-0.15, -0.1) is 0 Å². The van der Waals surface area contributed by atoms with Crippen LogP contribution in [0, 0.1) is 0 Å². The minimum atomic E-state index is 0.137. The Hall–Kier alpha value is -1.20. The van der Waals surface area contributed by atoms with Crippen LogP contribution in [0.2, 0.25) is 0 Å². The highest BCUT2D eigenvalue weighted by molar-refractivity contribution is 7.99. The number of thioether (sulfide) groups is 1. The van der Waals surface area contributed by atoms with E-state index in [0.717, 1.165) is 32.7 Å². The zero-order valence-electron chi connectivity index (χ0n) is 12.9. The highest BCUT2D eigenvalue weighted by atomic mass is 32.2. The zero-order chi connectivity index (χ0) is 15.1. The summed E-state index contributed by atoms with van der Waals surface area (Å²) in [6.07, 6.45) is 1.95. The molecule has 0 radical (unpaired) electrons. The Bertz CT molecular complexity index is 432. The minimum Gasteiger partial charge on any atom is -0.369 e. The second kappa shape index (κ2) is 8.29. The summed E-state index contributed by atoms with van der Waals surface area (Å²) < 4.78 is 0. The van der Waals surface area contributed by atoms with Crippen molar-refractivity contribution in [2.75, 3.05) is 49.6 Å². The lowest BCUT2D eigenvalue weighted by molar-refractivity contribution is -0.119. The summed E-state index contributed by atoms with van der Waals surface area (Å²) in [5.41, 5.74) is 1.30. The van der Waals surface area contributed by atoms with Crippen LogP contribution in [0.1, 0.15) is 6.92 Å². The molecule has 1 aromatic carbocycles. The average Bonchev–Trinajstić information content (AvgIpc) is 2.49. The Morgan fingerprint density at radius 1 is 1.24 bits per heavy atom. The number of carbonyl (C=O) groups excluding carboxylic acids is 1. The summed E-state index contributed by atoms with van der Waals surface area (Å²) in [6, 6.07) is 10.8. The molecular weight excluding hydrogens is 282 g/mol. The highest BCUT2D eigenvalue weighted by Gasteiger charge is 2.19. The van der Waals surface area contributed by atoms with Gasteiger partial charge in [0.05, 0.1) is 5.75 Å².